The maximum Gasteiger partial charge on any atom is 0.140 e. The van der Waals surface area contributed by atoms with Gasteiger partial charge in [0, 0.05) is 12.6 Å². The van der Waals surface area contributed by atoms with E-state index in [-0.39, 0.29) is 18.2 Å². The summed E-state index contributed by atoms with van der Waals surface area (Å²) in [6.07, 6.45) is 3.10. The molecule has 0 amide bonds. The number of rotatable bonds is 3. The molecule has 0 spiro atoms. The van der Waals surface area contributed by atoms with E-state index in [1.54, 1.807) is 18.2 Å². The van der Waals surface area contributed by atoms with Gasteiger partial charge in [-0.1, -0.05) is 29.7 Å². The number of hydrogen-bond acceptors (Lipinski definition) is 4. The molecule has 26 heavy (non-hydrogen) atoms. The number of benzene rings is 2. The molecule has 1 aliphatic heterocycles. The van der Waals surface area contributed by atoms with E-state index in [4.69, 9.17) is 23.6 Å². The lowest BCUT2D eigenvalue weighted by Crippen LogP contribution is -2.50. The Bertz CT molecular complexity index is 847. The zero-order chi connectivity index (χ0) is 18.1. The molecule has 3 atom stereocenters. The normalized spacial score (nSPS) is 25.5. The summed E-state index contributed by atoms with van der Waals surface area (Å²) in [6.45, 7) is 1.95. The van der Waals surface area contributed by atoms with Gasteiger partial charge >= 0.3 is 0 Å². The van der Waals surface area contributed by atoms with Crippen molar-refractivity contribution < 1.29 is 4.74 Å². The number of nitrogens with two attached hydrogens (primary N) is 1. The van der Waals surface area contributed by atoms with E-state index < -0.39 is 0 Å². The first kappa shape index (κ1) is 17.1. The third-order valence-electron chi connectivity index (χ3n) is 5.49. The minimum Gasteiger partial charge on any atom is -0.485 e. The monoisotopic (exact) mass is 343 g/mol. The second-order valence-corrected chi connectivity index (χ2v) is 7.27. The van der Waals surface area contributed by atoms with Gasteiger partial charge in [-0.15, -0.1) is 0 Å². The molecular weight excluding hydrogens is 321 g/mol. The number of hydrogen-bond donors (Lipinski definition) is 1. The molecule has 1 fully saturated rings. The lowest BCUT2D eigenvalue weighted by molar-refractivity contribution is 0.0599. The summed E-state index contributed by atoms with van der Waals surface area (Å²) < 4.78 is 6.42. The van der Waals surface area contributed by atoms with Crippen molar-refractivity contribution in [2.75, 3.05) is 13.1 Å². The Kier molecular flexibility index (Phi) is 4.71. The highest BCUT2D eigenvalue weighted by molar-refractivity contribution is 6.34. The summed E-state index contributed by atoms with van der Waals surface area (Å²) in [6, 6.07) is 16.3. The van der Waals surface area contributed by atoms with Gasteiger partial charge in [0.2, 0.25) is 0 Å². The minimum absolute atomic E-state index is 0.0771. The van der Waals surface area contributed by atoms with Crippen LogP contribution in [0.15, 0.2) is 42.5 Å². The van der Waals surface area contributed by atoms with Gasteiger partial charge in [0.25, 0.3) is 0 Å². The van der Waals surface area contributed by atoms with E-state index in [1.165, 1.54) is 11.1 Å². The fourth-order valence-electron chi connectivity index (χ4n) is 4.20. The predicted molar refractivity (Wildman–Crippen MR) is 103 cm³/mol. The van der Waals surface area contributed by atoms with E-state index in [2.05, 4.69) is 35.2 Å². The van der Waals surface area contributed by atoms with Gasteiger partial charge in [-0.25, -0.2) is 0 Å². The molecule has 1 saturated heterocycles. The summed E-state index contributed by atoms with van der Waals surface area (Å²) in [5.41, 5.74) is 9.81. The molecule has 0 aromatic heterocycles. The Balaban J connectivity index is 1.64. The van der Waals surface area contributed by atoms with E-state index in [9.17, 15) is 0 Å². The molecular formula is C21H22BN3O. The van der Waals surface area contributed by atoms with Crippen LogP contribution in [0.3, 0.4) is 0 Å². The van der Waals surface area contributed by atoms with Crippen LogP contribution in [-0.4, -0.2) is 37.9 Å². The van der Waals surface area contributed by atoms with E-state index in [1.807, 2.05) is 0 Å². The van der Waals surface area contributed by atoms with Crippen molar-refractivity contribution in [1.82, 2.24) is 4.90 Å². The van der Waals surface area contributed by atoms with Gasteiger partial charge in [-0.05, 0) is 55.1 Å². The molecule has 2 N–H and O–H groups in total. The van der Waals surface area contributed by atoms with E-state index >= 15 is 0 Å². The zero-order valence-corrected chi connectivity index (χ0v) is 14.8. The van der Waals surface area contributed by atoms with Gasteiger partial charge in [-0.3, -0.25) is 4.90 Å². The fourth-order valence-corrected chi connectivity index (χ4v) is 4.20. The minimum atomic E-state index is -0.0771. The lowest BCUT2D eigenvalue weighted by atomic mass is 9.93. The lowest BCUT2D eigenvalue weighted by Gasteiger charge is -2.38. The first-order chi connectivity index (χ1) is 12.7. The van der Waals surface area contributed by atoms with Crippen molar-refractivity contribution >= 4 is 13.3 Å². The third-order valence-corrected chi connectivity index (χ3v) is 5.49. The number of piperidine rings is 1. The molecule has 1 aliphatic carbocycles. The van der Waals surface area contributed by atoms with Crippen LogP contribution >= 0.6 is 0 Å². The molecule has 0 bridgehead atoms. The molecule has 2 aromatic rings. The molecule has 0 unspecified atom stereocenters. The van der Waals surface area contributed by atoms with Crippen LogP contribution < -0.4 is 15.9 Å². The van der Waals surface area contributed by atoms with Crippen molar-refractivity contribution in [2.24, 2.45) is 5.73 Å². The predicted octanol–water partition coefficient (Wildman–Crippen LogP) is 1.82. The second kappa shape index (κ2) is 7.15. The Labute approximate surface area is 156 Å². The number of nitrogens with zero attached hydrogens (tertiary/aromatic N) is 2. The van der Waals surface area contributed by atoms with Gasteiger partial charge in [0.15, 0.2) is 0 Å². The highest BCUT2D eigenvalue weighted by Gasteiger charge is 2.39. The van der Waals surface area contributed by atoms with Crippen LogP contribution in [0.1, 0.15) is 35.6 Å². The average Bonchev–Trinajstić information content (AvgIpc) is 3.02. The van der Waals surface area contributed by atoms with Crippen LogP contribution in [0, 0.1) is 11.3 Å². The molecule has 1 heterocycles. The summed E-state index contributed by atoms with van der Waals surface area (Å²) in [7, 11) is 6.13. The molecule has 0 saturated carbocycles. The van der Waals surface area contributed by atoms with Crippen molar-refractivity contribution in [3.05, 3.63) is 59.2 Å². The molecule has 130 valence electrons. The van der Waals surface area contributed by atoms with Gasteiger partial charge < -0.3 is 10.5 Å². The van der Waals surface area contributed by atoms with Crippen molar-refractivity contribution in [1.29, 1.82) is 5.26 Å². The quantitative estimate of drug-likeness (QED) is 0.864. The molecule has 2 aliphatic rings. The summed E-state index contributed by atoms with van der Waals surface area (Å²) in [5, 5.41) is 9.04. The number of ether oxygens (including phenoxy) is 1. The molecule has 2 radical (unpaired) electrons. The standard InChI is InChI=1S/C21H22BN3O/c22-18-10-14(12-23)7-8-20(18)26-21-17-6-2-1-4-15(17)11-19(21)25-9-3-5-16(24)13-25/h1-2,4,6-8,10,16,19,21H,3,5,9,11,13,24H2/t16-,19-,21-/m1/s1. The molecule has 5 heteroatoms. The van der Waals surface area contributed by atoms with Crippen LogP contribution in [-0.2, 0) is 6.42 Å². The Morgan fingerprint density at radius 3 is 2.85 bits per heavy atom. The topological polar surface area (TPSA) is 62.3 Å². The van der Waals surface area contributed by atoms with Crippen molar-refractivity contribution in [3.63, 3.8) is 0 Å². The van der Waals surface area contributed by atoms with Crippen LogP contribution in [0.5, 0.6) is 5.75 Å². The SMILES string of the molecule is [B]c1cc(C#N)ccc1O[C@@H]1c2ccccc2C[C@H]1N1CCC[C@@H](N)C1. The Morgan fingerprint density at radius 1 is 1.23 bits per heavy atom. The van der Waals surface area contributed by atoms with Gasteiger partial charge in [0.05, 0.1) is 17.7 Å². The largest absolute Gasteiger partial charge is 0.485 e. The van der Waals surface area contributed by atoms with Crippen LogP contribution in [0.2, 0.25) is 0 Å². The maximum absolute atomic E-state index is 9.04. The molecule has 2 aromatic carbocycles. The van der Waals surface area contributed by atoms with E-state index in [0.29, 0.717) is 16.8 Å². The average molecular weight is 343 g/mol. The molecule has 4 nitrogen and oxygen atoms in total. The smallest absolute Gasteiger partial charge is 0.140 e. The van der Waals surface area contributed by atoms with Crippen molar-refractivity contribution in [3.8, 4) is 11.8 Å². The van der Waals surface area contributed by atoms with Gasteiger partial charge in [-0.2, -0.15) is 5.26 Å². The summed E-state index contributed by atoms with van der Waals surface area (Å²) >= 11 is 0. The maximum atomic E-state index is 9.04. The Hall–Kier alpha value is -2.29. The molecule has 4 rings (SSSR count). The first-order valence-electron chi connectivity index (χ1n) is 9.19. The highest BCUT2D eigenvalue weighted by atomic mass is 16.5. The van der Waals surface area contributed by atoms with Crippen LogP contribution in [0.4, 0.5) is 0 Å². The van der Waals surface area contributed by atoms with Crippen molar-refractivity contribution in [2.45, 2.75) is 37.5 Å². The summed E-state index contributed by atoms with van der Waals surface area (Å²) in [4.78, 5) is 2.47. The number of fused-ring (bicyclic) bond motifs is 1. The second-order valence-electron chi connectivity index (χ2n) is 7.27. The highest BCUT2D eigenvalue weighted by Crippen LogP contribution is 2.38. The fraction of sp³-hybridized carbons (Fsp3) is 0.381. The summed E-state index contributed by atoms with van der Waals surface area (Å²) in [5.74, 6) is 0.636. The number of nitriles is 1. The van der Waals surface area contributed by atoms with E-state index in [0.717, 1.165) is 32.4 Å². The Morgan fingerprint density at radius 2 is 2.08 bits per heavy atom. The first-order valence-corrected chi connectivity index (χ1v) is 9.19. The number of likely N-dealkylation sites (tertiary alicyclic amines) is 1. The zero-order valence-electron chi connectivity index (χ0n) is 14.8. The third kappa shape index (κ3) is 3.23. The van der Waals surface area contributed by atoms with Crippen LogP contribution in [0.25, 0.3) is 0 Å². The van der Waals surface area contributed by atoms with Gasteiger partial charge in [0.1, 0.15) is 19.7 Å².